The zero-order chi connectivity index (χ0) is 75.9. The third-order valence-electron chi connectivity index (χ3n) is 17.1. The lowest BCUT2D eigenvalue weighted by molar-refractivity contribution is -0.926. The second-order valence-corrected chi connectivity index (χ2v) is 26.2. The lowest BCUT2D eigenvalue weighted by Gasteiger charge is -2.42. The van der Waals surface area contributed by atoms with Crippen molar-refractivity contribution in [3.8, 4) is 61.8 Å². The summed E-state index contributed by atoms with van der Waals surface area (Å²) in [6, 6.07) is 28.3. The van der Waals surface area contributed by atoms with Crippen LogP contribution in [-0.2, 0) is 53.1 Å². The lowest BCUT2D eigenvalue weighted by Crippen LogP contribution is -2.57. The number of thiophene rings is 1. The molecule has 7 N–H and O–H groups in total. The fourth-order valence-corrected chi connectivity index (χ4v) is 12.9. The lowest BCUT2D eigenvalue weighted by atomic mass is 9.95. The number of primary amides is 1. The quantitative estimate of drug-likeness (QED) is 0.00694. The predicted molar refractivity (Wildman–Crippen MR) is 387 cm³/mol. The Bertz CT molecular complexity index is 4450. The van der Waals surface area contributed by atoms with E-state index in [2.05, 4.69) is 53.2 Å². The van der Waals surface area contributed by atoms with Crippen molar-refractivity contribution < 1.29 is 89.1 Å². The van der Waals surface area contributed by atoms with Gasteiger partial charge >= 0.3 is 18.2 Å². The van der Waals surface area contributed by atoms with Crippen molar-refractivity contribution in [2.24, 2.45) is 5.73 Å². The smallest absolute Gasteiger partial charge is 0.422 e. The third-order valence-corrected chi connectivity index (χ3v) is 18.7. The number of likely N-dealkylation sites (N-methyl/N-ethyl adjacent to an activating group) is 1. The van der Waals surface area contributed by atoms with Gasteiger partial charge in [-0.15, -0.1) is 11.3 Å². The molecule has 4 heterocycles. The molecule has 5 aromatic carbocycles. The number of allylic oxidation sites excluding steroid dienone is 1. The number of carbonyl (C=O) groups is 7. The highest BCUT2D eigenvalue weighted by atomic mass is 35.5. The Balaban J connectivity index is 0.828. The maximum atomic E-state index is 15.2. The monoisotopic (exact) mass is 1500 g/mol. The summed E-state index contributed by atoms with van der Waals surface area (Å²) >= 11 is 8.29. The van der Waals surface area contributed by atoms with E-state index in [0.29, 0.717) is 96.0 Å². The van der Waals surface area contributed by atoms with E-state index in [1.165, 1.54) is 24.5 Å². The van der Waals surface area contributed by atoms with Gasteiger partial charge in [-0.3, -0.25) is 33.8 Å². The first-order valence-corrected chi connectivity index (χ1v) is 34.9. The van der Waals surface area contributed by atoms with Crippen molar-refractivity contribution >= 4 is 80.9 Å². The van der Waals surface area contributed by atoms with Gasteiger partial charge in [0, 0.05) is 66.9 Å². The first kappa shape index (κ1) is 79.3. The second kappa shape index (κ2) is 37.7. The van der Waals surface area contributed by atoms with Crippen molar-refractivity contribution in [3.63, 3.8) is 0 Å². The van der Waals surface area contributed by atoms with Crippen molar-refractivity contribution in [2.45, 2.75) is 71.0 Å². The molecule has 8 aromatic rings. The summed E-state index contributed by atoms with van der Waals surface area (Å²) < 4.78 is 91.2. The average Bonchev–Trinajstić information content (AvgIpc) is 1.58. The number of nitrogens with zero attached hydrogens (tertiary/aromatic N) is 7. The number of urea groups is 1. The zero-order valence-electron chi connectivity index (χ0n) is 58.4. The molecule has 32 heteroatoms. The number of carboxylic acids is 1. The highest BCUT2D eigenvalue weighted by Crippen LogP contribution is 2.50. The number of amides is 7. The van der Waals surface area contributed by atoms with Crippen molar-refractivity contribution in [1.29, 1.82) is 0 Å². The predicted octanol–water partition coefficient (Wildman–Crippen LogP) is 9.48. The van der Waals surface area contributed by atoms with E-state index in [1.54, 1.807) is 87.8 Å². The molecule has 0 spiro atoms. The van der Waals surface area contributed by atoms with Crippen LogP contribution in [0.4, 0.5) is 28.0 Å². The van der Waals surface area contributed by atoms with Gasteiger partial charge in [0.1, 0.15) is 54.2 Å². The van der Waals surface area contributed by atoms with E-state index < -0.39 is 78.7 Å². The van der Waals surface area contributed by atoms with Crippen LogP contribution in [0, 0.1) is 12.7 Å². The molecule has 1 fully saturated rings. The number of carboxylic acid groups (broad SMARTS) is 1. The number of hydrogen-bond acceptors (Lipinski definition) is 19. The minimum Gasteiger partial charge on any atom is -0.496 e. The zero-order valence-corrected chi connectivity index (χ0v) is 60.0. The molecule has 3 aromatic heterocycles. The standard InChI is InChI=1S/C74H79ClF4N12O14S/c1-5-11-63(95)90(45-92)32-36-101-35-26-61(93)83-40-62(94)88-55(14-10-27-82-73(80)99)69(96)87-50-20-17-47(18-21-50)41-91(3)33-29-89(30-34-91)31-37-102-58-24-22-52(46(2)66(58)75)64-65-70(84-44-85-71(65)106-67(64)49-19-23-54(76)59(39-49)104-43-74(77,78)79)105-60(72(97)98)38-48-12-6-8-15-56(48)103-42-51-25-28-81-68(86-51)53-13-7-9-16-57(53)100-4/h5-9,11-13,15-25,28,39,44-45,55,60H,10,14,26-27,29-38,40-43H2,1-4H3,(H6-,80,82,83,87,88,93,94,96,97,98,99)/p+1/b11-5-/t55?,60-/m1/s1. The Morgan fingerprint density at radius 2 is 1.61 bits per heavy atom. The number of imide groups is 1. The van der Waals surface area contributed by atoms with Crippen molar-refractivity contribution in [2.75, 3.05) is 98.3 Å². The van der Waals surface area contributed by atoms with Crippen LogP contribution >= 0.6 is 22.9 Å². The molecule has 0 saturated carbocycles. The molecular weight excluding hydrogens is 1420 g/mol. The number of nitrogens with two attached hydrogens (primary N) is 1. The van der Waals surface area contributed by atoms with Crippen LogP contribution in [0.5, 0.6) is 28.9 Å². The molecule has 2 atom stereocenters. The number of rotatable bonds is 37. The molecule has 9 rings (SSSR count). The number of quaternary nitrogens is 1. The van der Waals surface area contributed by atoms with Gasteiger partial charge in [0.25, 0.3) is 5.91 Å². The first-order valence-electron chi connectivity index (χ1n) is 33.7. The van der Waals surface area contributed by atoms with Crippen molar-refractivity contribution in [3.05, 3.63) is 167 Å². The van der Waals surface area contributed by atoms with Gasteiger partial charge in [0.2, 0.25) is 36.1 Å². The van der Waals surface area contributed by atoms with E-state index in [4.69, 9.17) is 45.8 Å². The molecule has 0 aliphatic carbocycles. The number of nitrogens with one attached hydrogen (secondary N) is 4. The van der Waals surface area contributed by atoms with E-state index in [9.17, 15) is 51.8 Å². The molecule has 1 saturated heterocycles. The number of piperazine rings is 1. The van der Waals surface area contributed by atoms with Gasteiger partial charge < -0.3 is 65.0 Å². The number of hydrogen-bond donors (Lipinski definition) is 6. The van der Waals surface area contributed by atoms with Crippen molar-refractivity contribution in [1.82, 2.24) is 45.7 Å². The second-order valence-electron chi connectivity index (χ2n) is 24.8. The fourth-order valence-electron chi connectivity index (χ4n) is 11.5. The fraction of sp³-hybridized carbons (Fsp3) is 0.338. The molecule has 1 unspecified atom stereocenters. The van der Waals surface area contributed by atoms with Crippen LogP contribution in [0.3, 0.4) is 0 Å². The number of benzene rings is 5. The summed E-state index contributed by atoms with van der Waals surface area (Å²) in [5.41, 5.74) is 9.93. The summed E-state index contributed by atoms with van der Waals surface area (Å²) in [7, 11) is 3.71. The van der Waals surface area contributed by atoms with Gasteiger partial charge in [-0.25, -0.2) is 33.9 Å². The van der Waals surface area contributed by atoms with Crippen LogP contribution in [0.25, 0.3) is 43.2 Å². The highest BCUT2D eigenvalue weighted by Gasteiger charge is 2.33. The molecule has 560 valence electrons. The Kier molecular flexibility index (Phi) is 28.2. The van der Waals surface area contributed by atoms with Gasteiger partial charge in [-0.2, -0.15) is 13.2 Å². The highest BCUT2D eigenvalue weighted by molar-refractivity contribution is 7.22. The van der Waals surface area contributed by atoms with E-state index in [-0.39, 0.29) is 87.1 Å². The van der Waals surface area contributed by atoms with Gasteiger partial charge in [-0.05, 0) is 110 Å². The van der Waals surface area contributed by atoms with Crippen LogP contribution in [0.15, 0.2) is 134 Å². The maximum absolute atomic E-state index is 15.2. The molecule has 7 amide bonds. The summed E-state index contributed by atoms with van der Waals surface area (Å²) in [6.45, 7) is 5.77. The number of anilines is 1. The number of aromatic nitrogens is 4. The number of para-hydroxylation sites is 2. The van der Waals surface area contributed by atoms with E-state index in [1.807, 2.05) is 30.3 Å². The summed E-state index contributed by atoms with van der Waals surface area (Å²) in [5, 5.41) is 21.7. The topological polar surface area (TPSA) is 327 Å². The van der Waals surface area contributed by atoms with E-state index in [0.717, 1.165) is 60.1 Å². The van der Waals surface area contributed by atoms with Gasteiger partial charge in [-0.1, -0.05) is 72.3 Å². The molecule has 0 bridgehead atoms. The Hall–Kier alpha value is -10.9. The normalized spacial score (nSPS) is 13.4. The number of ether oxygens (including phenoxy) is 6. The number of fused-ring (bicyclic) bond motifs is 1. The van der Waals surface area contributed by atoms with E-state index >= 15 is 4.39 Å². The molecule has 1 aliphatic heterocycles. The van der Waals surface area contributed by atoms with Gasteiger partial charge in [0.05, 0.1) is 75.2 Å². The summed E-state index contributed by atoms with van der Waals surface area (Å²) in [5.74, 6) is -3.69. The maximum Gasteiger partial charge on any atom is 0.422 e. The van der Waals surface area contributed by atoms with Crippen LogP contribution in [0.2, 0.25) is 5.02 Å². The number of methoxy groups -OCH3 is 1. The number of halogens is 5. The molecule has 26 nitrogen and oxygen atoms in total. The van der Waals surface area contributed by atoms with Crippen LogP contribution in [-0.4, -0.2) is 193 Å². The minimum absolute atomic E-state index is 0.00315. The largest absolute Gasteiger partial charge is 0.496 e. The molecular formula is C74H80ClF4N12O14S+. The Morgan fingerprint density at radius 1 is 0.858 bits per heavy atom. The molecule has 0 radical (unpaired) electrons. The SMILES string of the molecule is C/C=C\C(=O)N(C=O)CCOCCC(=O)NCC(=O)NC(CCCNC(N)=O)C(=O)Nc1ccc(C[N+]2(C)CCN(CCOc3ccc(-c4c(-c5ccc(F)c(OCC(F)(F)F)c5)sc5ncnc(O[C@H](Cc6ccccc6OCc6ccnc(-c7ccccc7OC)n6)C(=O)O)c45)c(C)c3Cl)CC2)cc1. The third kappa shape index (κ3) is 22.3. The summed E-state index contributed by atoms with van der Waals surface area (Å²) in [6.07, 6.45) is -0.371. The average molecular weight is 1510 g/mol. The number of alkyl halides is 3. The summed E-state index contributed by atoms with van der Waals surface area (Å²) in [4.78, 5) is 109. The van der Waals surface area contributed by atoms with Gasteiger partial charge in [0.15, 0.2) is 24.0 Å². The van der Waals surface area contributed by atoms with Crippen LogP contribution in [0.1, 0.15) is 48.6 Å². The molecule has 1 aliphatic rings. The Morgan fingerprint density at radius 3 is 2.34 bits per heavy atom. The minimum atomic E-state index is -4.78. The molecule has 106 heavy (non-hydrogen) atoms. The number of carbonyl (C=O) groups excluding carboxylic acids is 6. The van der Waals surface area contributed by atoms with Crippen LogP contribution < -0.4 is 50.7 Å². The first-order chi connectivity index (χ1) is 50.9. The number of aliphatic carboxylic acids is 1. The Labute approximate surface area is 616 Å².